The second kappa shape index (κ2) is 7.60. The topological polar surface area (TPSA) is 59.6 Å². The Bertz CT molecular complexity index is 211. The molecule has 5 heteroatoms. The van der Waals surface area contributed by atoms with Gasteiger partial charge in [-0.3, -0.25) is 4.79 Å². The molecule has 1 aliphatic rings. The summed E-state index contributed by atoms with van der Waals surface area (Å²) in [6, 6.07) is 0.160. The van der Waals surface area contributed by atoms with E-state index in [9.17, 15) is 4.79 Å². The number of rotatable bonds is 7. The molecule has 1 amide bonds. The van der Waals surface area contributed by atoms with Gasteiger partial charge in [0.15, 0.2) is 0 Å². The van der Waals surface area contributed by atoms with Crippen LogP contribution in [-0.4, -0.2) is 52.0 Å². The van der Waals surface area contributed by atoms with E-state index in [1.54, 1.807) is 7.11 Å². The third-order valence-corrected chi connectivity index (χ3v) is 2.71. The van der Waals surface area contributed by atoms with Crippen LogP contribution >= 0.6 is 0 Å². The van der Waals surface area contributed by atoms with Crippen molar-refractivity contribution in [2.24, 2.45) is 5.92 Å². The molecule has 0 saturated carbocycles. The molecule has 0 aromatic rings. The molecule has 0 aromatic carbocycles. The third-order valence-electron chi connectivity index (χ3n) is 2.71. The first kappa shape index (κ1) is 13.4. The fraction of sp³-hybridized carbons (Fsp3) is 0.909. The Labute approximate surface area is 96.9 Å². The number of ether oxygens (including phenoxy) is 2. The molecule has 2 atom stereocenters. The number of amides is 1. The monoisotopic (exact) mass is 230 g/mol. The summed E-state index contributed by atoms with van der Waals surface area (Å²) in [7, 11) is 1.66. The summed E-state index contributed by atoms with van der Waals surface area (Å²) in [5.41, 5.74) is 0. The van der Waals surface area contributed by atoms with Gasteiger partial charge >= 0.3 is 0 Å². The Morgan fingerprint density at radius 3 is 3.00 bits per heavy atom. The number of hydrogen-bond donors (Lipinski definition) is 2. The smallest absolute Gasteiger partial charge is 0.227 e. The minimum Gasteiger partial charge on any atom is -0.385 e. The number of carbonyl (C=O) groups is 1. The van der Waals surface area contributed by atoms with Crippen LogP contribution in [0.15, 0.2) is 0 Å². The standard InChI is InChI=1S/C11H22N2O3/c1-3-12-10-8-16-7-9(10)11(14)13-5-4-6-15-2/h9-10,12H,3-8H2,1-2H3,(H,13,14). The molecule has 1 saturated heterocycles. The minimum absolute atomic E-state index is 0.0532. The number of hydrogen-bond acceptors (Lipinski definition) is 4. The van der Waals surface area contributed by atoms with Gasteiger partial charge < -0.3 is 20.1 Å². The maximum atomic E-state index is 11.8. The summed E-state index contributed by atoms with van der Waals surface area (Å²) in [6.45, 7) is 5.39. The van der Waals surface area contributed by atoms with E-state index in [-0.39, 0.29) is 17.9 Å². The van der Waals surface area contributed by atoms with E-state index < -0.39 is 0 Å². The Balaban J connectivity index is 2.23. The predicted octanol–water partition coefficient (Wildman–Crippen LogP) is -0.236. The second-order valence-electron chi connectivity index (χ2n) is 3.95. The average molecular weight is 230 g/mol. The van der Waals surface area contributed by atoms with E-state index in [4.69, 9.17) is 9.47 Å². The van der Waals surface area contributed by atoms with E-state index in [0.29, 0.717) is 26.4 Å². The van der Waals surface area contributed by atoms with Crippen LogP contribution in [0, 0.1) is 5.92 Å². The van der Waals surface area contributed by atoms with Crippen LogP contribution in [0.3, 0.4) is 0 Å². The molecule has 2 N–H and O–H groups in total. The van der Waals surface area contributed by atoms with Gasteiger partial charge in [-0.05, 0) is 13.0 Å². The minimum atomic E-state index is -0.0532. The molecular weight excluding hydrogens is 208 g/mol. The largest absolute Gasteiger partial charge is 0.385 e. The molecule has 1 heterocycles. The predicted molar refractivity (Wildman–Crippen MR) is 61.3 cm³/mol. The molecule has 1 rings (SSSR count). The number of nitrogens with one attached hydrogen (secondary N) is 2. The lowest BCUT2D eigenvalue weighted by atomic mass is 10.0. The van der Waals surface area contributed by atoms with Gasteiger partial charge in [0.2, 0.25) is 5.91 Å². The van der Waals surface area contributed by atoms with E-state index in [0.717, 1.165) is 13.0 Å². The van der Waals surface area contributed by atoms with Gasteiger partial charge in [0, 0.05) is 26.3 Å². The molecule has 0 spiro atoms. The van der Waals surface area contributed by atoms with E-state index in [1.807, 2.05) is 6.92 Å². The molecule has 16 heavy (non-hydrogen) atoms. The van der Waals surface area contributed by atoms with Crippen molar-refractivity contribution in [1.29, 1.82) is 0 Å². The van der Waals surface area contributed by atoms with Crippen LogP contribution in [0.25, 0.3) is 0 Å². The van der Waals surface area contributed by atoms with Crippen molar-refractivity contribution in [1.82, 2.24) is 10.6 Å². The highest BCUT2D eigenvalue weighted by molar-refractivity contribution is 5.79. The van der Waals surface area contributed by atoms with Crippen molar-refractivity contribution in [3.8, 4) is 0 Å². The van der Waals surface area contributed by atoms with Crippen molar-refractivity contribution < 1.29 is 14.3 Å². The van der Waals surface area contributed by atoms with Gasteiger partial charge in [0.25, 0.3) is 0 Å². The van der Waals surface area contributed by atoms with Crippen LogP contribution < -0.4 is 10.6 Å². The maximum absolute atomic E-state index is 11.8. The fourth-order valence-corrected chi connectivity index (χ4v) is 1.84. The SMILES string of the molecule is CCNC1COCC1C(=O)NCCCOC. The van der Waals surface area contributed by atoms with Gasteiger partial charge in [0.05, 0.1) is 19.1 Å². The van der Waals surface area contributed by atoms with Crippen LogP contribution in [0.1, 0.15) is 13.3 Å². The first-order valence-electron chi connectivity index (χ1n) is 5.87. The Hall–Kier alpha value is -0.650. The van der Waals surface area contributed by atoms with Crippen LogP contribution in [0.5, 0.6) is 0 Å². The van der Waals surface area contributed by atoms with Crippen molar-refractivity contribution in [3.63, 3.8) is 0 Å². The van der Waals surface area contributed by atoms with Gasteiger partial charge in [-0.15, -0.1) is 0 Å². The number of carbonyl (C=O) groups excluding carboxylic acids is 1. The van der Waals surface area contributed by atoms with E-state index in [1.165, 1.54) is 0 Å². The molecule has 0 bridgehead atoms. The van der Waals surface area contributed by atoms with Crippen molar-refractivity contribution in [2.75, 3.05) is 40.0 Å². The zero-order chi connectivity index (χ0) is 11.8. The molecule has 0 aliphatic carbocycles. The van der Waals surface area contributed by atoms with Crippen molar-refractivity contribution >= 4 is 5.91 Å². The molecule has 1 aliphatic heterocycles. The van der Waals surface area contributed by atoms with Gasteiger partial charge in [-0.2, -0.15) is 0 Å². The quantitative estimate of drug-likeness (QED) is 0.593. The van der Waals surface area contributed by atoms with Gasteiger partial charge in [-0.1, -0.05) is 6.92 Å². The summed E-state index contributed by atoms with van der Waals surface area (Å²) >= 11 is 0. The van der Waals surface area contributed by atoms with Crippen molar-refractivity contribution in [2.45, 2.75) is 19.4 Å². The van der Waals surface area contributed by atoms with Gasteiger partial charge in [-0.25, -0.2) is 0 Å². The summed E-state index contributed by atoms with van der Waals surface area (Å²) < 4.78 is 10.2. The highest BCUT2D eigenvalue weighted by Crippen LogP contribution is 2.13. The zero-order valence-corrected chi connectivity index (χ0v) is 10.1. The average Bonchev–Trinajstić information content (AvgIpc) is 2.73. The third kappa shape index (κ3) is 4.08. The lowest BCUT2D eigenvalue weighted by Crippen LogP contribution is -2.44. The molecule has 2 unspecified atom stereocenters. The fourth-order valence-electron chi connectivity index (χ4n) is 1.84. The highest BCUT2D eigenvalue weighted by atomic mass is 16.5. The van der Waals surface area contributed by atoms with E-state index in [2.05, 4.69) is 10.6 Å². The number of likely N-dealkylation sites (N-methyl/N-ethyl adjacent to an activating group) is 1. The van der Waals surface area contributed by atoms with Gasteiger partial charge in [0.1, 0.15) is 0 Å². The van der Waals surface area contributed by atoms with Crippen molar-refractivity contribution in [3.05, 3.63) is 0 Å². The highest BCUT2D eigenvalue weighted by Gasteiger charge is 2.32. The Morgan fingerprint density at radius 2 is 2.31 bits per heavy atom. The molecule has 5 nitrogen and oxygen atoms in total. The summed E-state index contributed by atoms with van der Waals surface area (Å²) in [5.74, 6) is 0.0297. The van der Waals surface area contributed by atoms with Crippen LogP contribution in [-0.2, 0) is 14.3 Å². The molecular formula is C11H22N2O3. The Kier molecular flexibility index (Phi) is 6.37. The number of methoxy groups -OCH3 is 1. The van der Waals surface area contributed by atoms with E-state index >= 15 is 0 Å². The lowest BCUT2D eigenvalue weighted by molar-refractivity contribution is -0.125. The van der Waals surface area contributed by atoms with Crippen LogP contribution in [0.4, 0.5) is 0 Å². The molecule has 0 radical (unpaired) electrons. The molecule has 94 valence electrons. The normalized spacial score (nSPS) is 24.6. The lowest BCUT2D eigenvalue weighted by Gasteiger charge is -2.17. The summed E-state index contributed by atoms with van der Waals surface area (Å²) in [4.78, 5) is 11.8. The first-order valence-corrected chi connectivity index (χ1v) is 5.87. The molecule has 0 aromatic heterocycles. The summed E-state index contributed by atoms with van der Waals surface area (Å²) in [6.07, 6.45) is 0.849. The Morgan fingerprint density at radius 1 is 1.50 bits per heavy atom. The zero-order valence-electron chi connectivity index (χ0n) is 10.1. The molecule has 1 fully saturated rings. The first-order chi connectivity index (χ1) is 7.79. The second-order valence-corrected chi connectivity index (χ2v) is 3.95. The maximum Gasteiger partial charge on any atom is 0.227 e. The summed E-state index contributed by atoms with van der Waals surface area (Å²) in [5, 5.41) is 6.18. The van der Waals surface area contributed by atoms with Crippen LogP contribution in [0.2, 0.25) is 0 Å².